The molecule has 0 spiro atoms. The molecule has 0 aromatic carbocycles. The van der Waals surface area contributed by atoms with Crippen LogP contribution >= 0.6 is 11.3 Å². The topological polar surface area (TPSA) is 51.0 Å². The summed E-state index contributed by atoms with van der Waals surface area (Å²) in [6, 6.07) is 0.316. The average molecular weight is 290 g/mol. The highest BCUT2D eigenvalue weighted by Crippen LogP contribution is 2.22. The van der Waals surface area contributed by atoms with Gasteiger partial charge in [-0.3, -0.25) is 9.48 Å². The van der Waals surface area contributed by atoms with Crippen LogP contribution in [0.1, 0.15) is 27.9 Å². The number of likely N-dealkylation sites (tertiary alicyclic amines) is 1. The highest BCUT2D eigenvalue weighted by Gasteiger charge is 2.27. The lowest BCUT2D eigenvalue weighted by molar-refractivity contribution is -0.129. The minimum Gasteiger partial charge on any atom is -0.340 e. The fourth-order valence-corrected chi connectivity index (χ4v) is 3.35. The van der Waals surface area contributed by atoms with Crippen LogP contribution in [0, 0.1) is 13.8 Å². The first-order chi connectivity index (χ1) is 9.61. The highest BCUT2D eigenvalue weighted by molar-refractivity contribution is 7.11. The fraction of sp³-hybridized carbons (Fsp3) is 0.500. The predicted molar refractivity (Wildman–Crippen MR) is 77.8 cm³/mol. The number of amides is 1. The molecule has 0 saturated carbocycles. The molecular weight excluding hydrogens is 272 g/mol. The molecule has 6 heteroatoms. The van der Waals surface area contributed by atoms with Gasteiger partial charge in [0.25, 0.3) is 0 Å². The van der Waals surface area contributed by atoms with E-state index in [1.54, 1.807) is 11.3 Å². The molecule has 0 bridgehead atoms. The van der Waals surface area contributed by atoms with Crippen LogP contribution in [-0.4, -0.2) is 38.7 Å². The van der Waals surface area contributed by atoms with Crippen molar-refractivity contribution in [1.29, 1.82) is 0 Å². The molecule has 0 radical (unpaired) electrons. The van der Waals surface area contributed by atoms with Crippen LogP contribution in [0.5, 0.6) is 0 Å². The van der Waals surface area contributed by atoms with E-state index >= 15 is 0 Å². The standard InChI is InChI=1S/C14H18N4OS/c1-10-6-16-18(8-10)12-3-4-17(9-12)14(19)5-13-7-15-11(2)20-13/h6-8,12H,3-5,9H2,1-2H3. The van der Waals surface area contributed by atoms with Crippen molar-refractivity contribution in [2.45, 2.75) is 32.7 Å². The molecule has 1 unspecified atom stereocenters. The molecule has 0 N–H and O–H groups in total. The number of carbonyl (C=O) groups excluding carboxylic acids is 1. The van der Waals surface area contributed by atoms with Gasteiger partial charge >= 0.3 is 0 Å². The lowest BCUT2D eigenvalue weighted by Gasteiger charge is -2.16. The number of aromatic nitrogens is 3. The lowest BCUT2D eigenvalue weighted by Crippen LogP contribution is -2.30. The Balaban J connectivity index is 1.60. The highest BCUT2D eigenvalue weighted by atomic mass is 32.1. The minimum atomic E-state index is 0.194. The van der Waals surface area contributed by atoms with E-state index in [1.165, 1.54) is 0 Å². The SMILES string of the molecule is Cc1cnn(C2CCN(C(=O)Cc3cnc(C)s3)C2)c1. The van der Waals surface area contributed by atoms with Gasteiger partial charge in [-0.25, -0.2) is 4.98 Å². The van der Waals surface area contributed by atoms with Gasteiger partial charge in [0.05, 0.1) is 23.7 Å². The van der Waals surface area contributed by atoms with Crippen molar-refractivity contribution in [1.82, 2.24) is 19.7 Å². The molecule has 2 aromatic heterocycles. The Hall–Kier alpha value is -1.69. The van der Waals surface area contributed by atoms with Crippen molar-refractivity contribution >= 4 is 17.2 Å². The molecule has 1 aliphatic rings. The Morgan fingerprint density at radius 1 is 1.45 bits per heavy atom. The van der Waals surface area contributed by atoms with E-state index in [1.807, 2.05) is 42.0 Å². The smallest absolute Gasteiger partial charge is 0.227 e. The van der Waals surface area contributed by atoms with Crippen molar-refractivity contribution in [3.8, 4) is 0 Å². The summed E-state index contributed by atoms with van der Waals surface area (Å²) in [4.78, 5) is 19.5. The fourth-order valence-electron chi connectivity index (χ4n) is 2.56. The molecule has 3 heterocycles. The van der Waals surface area contributed by atoms with Crippen LogP contribution in [0.4, 0.5) is 0 Å². The monoisotopic (exact) mass is 290 g/mol. The summed E-state index contributed by atoms with van der Waals surface area (Å²) in [5.74, 6) is 0.194. The molecule has 0 aliphatic carbocycles. The summed E-state index contributed by atoms with van der Waals surface area (Å²) in [5.41, 5.74) is 1.16. The van der Waals surface area contributed by atoms with Gasteiger partial charge in [0.1, 0.15) is 0 Å². The molecule has 5 nitrogen and oxygen atoms in total. The molecular formula is C14H18N4OS. The number of carbonyl (C=O) groups is 1. The van der Waals surface area contributed by atoms with E-state index in [9.17, 15) is 4.79 Å². The maximum absolute atomic E-state index is 12.3. The van der Waals surface area contributed by atoms with Crippen LogP contribution in [0.3, 0.4) is 0 Å². The van der Waals surface area contributed by atoms with Crippen LogP contribution in [-0.2, 0) is 11.2 Å². The normalized spacial score (nSPS) is 18.7. The number of thiazole rings is 1. The molecule has 106 valence electrons. The lowest BCUT2D eigenvalue weighted by atomic mass is 10.3. The molecule has 2 aromatic rings. The van der Waals surface area contributed by atoms with Gasteiger partial charge in [0.2, 0.25) is 5.91 Å². The zero-order chi connectivity index (χ0) is 14.1. The Morgan fingerprint density at radius 2 is 2.30 bits per heavy atom. The Morgan fingerprint density at radius 3 is 2.95 bits per heavy atom. The molecule has 1 aliphatic heterocycles. The first-order valence-electron chi connectivity index (χ1n) is 6.81. The second-order valence-electron chi connectivity index (χ2n) is 5.30. The Kier molecular flexibility index (Phi) is 3.56. The van der Waals surface area contributed by atoms with Crippen molar-refractivity contribution < 1.29 is 4.79 Å². The van der Waals surface area contributed by atoms with Gasteiger partial charge in [0, 0.05) is 30.4 Å². The molecule has 1 saturated heterocycles. The van der Waals surface area contributed by atoms with Crippen molar-refractivity contribution in [3.63, 3.8) is 0 Å². The predicted octanol–water partition coefficient (Wildman–Crippen LogP) is 1.97. The van der Waals surface area contributed by atoms with Gasteiger partial charge in [0.15, 0.2) is 0 Å². The first-order valence-corrected chi connectivity index (χ1v) is 7.63. The van der Waals surface area contributed by atoms with Crippen molar-refractivity contribution in [3.05, 3.63) is 34.0 Å². The third-order valence-corrected chi connectivity index (χ3v) is 4.53. The van der Waals surface area contributed by atoms with Gasteiger partial charge < -0.3 is 4.90 Å². The second-order valence-corrected chi connectivity index (χ2v) is 6.62. The van der Waals surface area contributed by atoms with E-state index in [-0.39, 0.29) is 5.91 Å². The largest absolute Gasteiger partial charge is 0.340 e. The third-order valence-electron chi connectivity index (χ3n) is 3.62. The zero-order valence-electron chi connectivity index (χ0n) is 11.7. The number of rotatable bonds is 3. The van der Waals surface area contributed by atoms with Crippen LogP contribution in [0.25, 0.3) is 0 Å². The summed E-state index contributed by atoms with van der Waals surface area (Å²) >= 11 is 1.60. The van der Waals surface area contributed by atoms with Crippen LogP contribution in [0.15, 0.2) is 18.6 Å². The van der Waals surface area contributed by atoms with E-state index in [0.717, 1.165) is 35.0 Å². The molecule has 1 amide bonds. The molecule has 1 atom stereocenters. The zero-order valence-corrected chi connectivity index (χ0v) is 12.6. The summed E-state index contributed by atoms with van der Waals surface area (Å²) < 4.78 is 1.99. The van der Waals surface area contributed by atoms with Crippen molar-refractivity contribution in [2.24, 2.45) is 0 Å². The van der Waals surface area contributed by atoms with Gasteiger partial charge in [-0.05, 0) is 25.8 Å². The number of hydrogen-bond donors (Lipinski definition) is 0. The van der Waals surface area contributed by atoms with Crippen LogP contribution in [0.2, 0.25) is 0 Å². The molecule has 20 heavy (non-hydrogen) atoms. The Bertz CT molecular complexity index is 618. The van der Waals surface area contributed by atoms with Gasteiger partial charge in [-0.15, -0.1) is 11.3 Å². The maximum Gasteiger partial charge on any atom is 0.227 e. The van der Waals surface area contributed by atoms with E-state index in [0.29, 0.717) is 12.5 Å². The summed E-state index contributed by atoms with van der Waals surface area (Å²) in [6.45, 7) is 5.58. The summed E-state index contributed by atoms with van der Waals surface area (Å²) in [5, 5.41) is 5.36. The van der Waals surface area contributed by atoms with E-state index in [4.69, 9.17) is 0 Å². The van der Waals surface area contributed by atoms with Crippen LogP contribution < -0.4 is 0 Å². The summed E-state index contributed by atoms with van der Waals surface area (Å²) in [7, 11) is 0. The van der Waals surface area contributed by atoms with Crippen molar-refractivity contribution in [2.75, 3.05) is 13.1 Å². The summed E-state index contributed by atoms with van der Waals surface area (Å²) in [6.07, 6.45) is 7.17. The second kappa shape index (κ2) is 5.36. The van der Waals surface area contributed by atoms with E-state index in [2.05, 4.69) is 10.1 Å². The number of nitrogens with zero attached hydrogens (tertiary/aromatic N) is 4. The number of aryl methyl sites for hydroxylation is 2. The van der Waals surface area contributed by atoms with Gasteiger partial charge in [-0.1, -0.05) is 0 Å². The molecule has 1 fully saturated rings. The average Bonchev–Trinajstić information content (AvgIpc) is 3.10. The first kappa shape index (κ1) is 13.3. The minimum absolute atomic E-state index is 0.194. The molecule has 3 rings (SSSR count). The third kappa shape index (κ3) is 2.75. The quantitative estimate of drug-likeness (QED) is 0.868. The Labute approximate surface area is 122 Å². The maximum atomic E-state index is 12.3. The van der Waals surface area contributed by atoms with Gasteiger partial charge in [-0.2, -0.15) is 5.10 Å². The number of hydrogen-bond acceptors (Lipinski definition) is 4. The van der Waals surface area contributed by atoms with E-state index < -0.39 is 0 Å².